The number of aliphatic hydroxyl groups excluding tert-OH is 1. The molecule has 0 aliphatic carbocycles. The molecule has 0 saturated heterocycles. The minimum Gasteiger partial charge on any atom is -0.481 e. The van der Waals surface area contributed by atoms with Crippen LogP contribution in [0.25, 0.3) is 0 Å². The van der Waals surface area contributed by atoms with E-state index in [0.717, 1.165) is 0 Å². The molecule has 62 valence electrons. The van der Waals surface area contributed by atoms with Crippen LogP contribution in [-0.2, 0) is 4.79 Å². The van der Waals surface area contributed by atoms with Gasteiger partial charge < -0.3 is 10.2 Å². The van der Waals surface area contributed by atoms with E-state index < -0.39 is 11.6 Å². The van der Waals surface area contributed by atoms with Crippen LogP contribution in [0.4, 0.5) is 0 Å². The van der Waals surface area contributed by atoms with Gasteiger partial charge in [0.15, 0.2) is 5.66 Å². The molecule has 0 atom stereocenters. The highest BCUT2D eigenvalue weighted by molar-refractivity contribution is 5.66. The van der Waals surface area contributed by atoms with Crippen LogP contribution in [0.5, 0.6) is 0 Å². The SMILES string of the molecule is O=C(O)CCC1(CCO)N=N1. The van der Waals surface area contributed by atoms with Crippen LogP contribution in [0.3, 0.4) is 0 Å². The smallest absolute Gasteiger partial charge is 0.303 e. The van der Waals surface area contributed by atoms with Gasteiger partial charge in [-0.1, -0.05) is 0 Å². The lowest BCUT2D eigenvalue weighted by molar-refractivity contribution is -0.137. The molecule has 0 aromatic heterocycles. The molecule has 1 aliphatic heterocycles. The van der Waals surface area contributed by atoms with Crippen LogP contribution in [0.2, 0.25) is 0 Å². The number of carboxylic acids is 1. The number of hydrogen-bond donors (Lipinski definition) is 2. The minimum atomic E-state index is -0.848. The van der Waals surface area contributed by atoms with Crippen molar-refractivity contribution in [3.63, 3.8) is 0 Å². The molecule has 0 aromatic carbocycles. The Morgan fingerprint density at radius 2 is 2.00 bits per heavy atom. The van der Waals surface area contributed by atoms with Crippen molar-refractivity contribution in [1.29, 1.82) is 0 Å². The van der Waals surface area contributed by atoms with Crippen LogP contribution in [0.15, 0.2) is 10.2 Å². The van der Waals surface area contributed by atoms with E-state index >= 15 is 0 Å². The van der Waals surface area contributed by atoms with E-state index in [-0.39, 0.29) is 13.0 Å². The lowest BCUT2D eigenvalue weighted by atomic mass is 10.1. The molecule has 2 N–H and O–H groups in total. The summed E-state index contributed by atoms with van der Waals surface area (Å²) < 4.78 is 0. The molecule has 5 nitrogen and oxygen atoms in total. The maximum Gasteiger partial charge on any atom is 0.303 e. The minimum absolute atomic E-state index is 0.00657. The van der Waals surface area contributed by atoms with Gasteiger partial charge in [0, 0.05) is 25.9 Å². The number of aliphatic hydroxyl groups is 1. The van der Waals surface area contributed by atoms with Crippen molar-refractivity contribution in [2.24, 2.45) is 10.2 Å². The first-order chi connectivity index (χ1) is 5.18. The summed E-state index contributed by atoms with van der Waals surface area (Å²) in [5.41, 5.74) is -0.548. The van der Waals surface area contributed by atoms with Crippen molar-refractivity contribution in [2.75, 3.05) is 6.61 Å². The normalized spacial score (nSPS) is 18.3. The first kappa shape index (κ1) is 8.13. The molecule has 0 radical (unpaired) electrons. The predicted molar refractivity (Wildman–Crippen MR) is 36.2 cm³/mol. The Labute approximate surface area is 63.8 Å². The molecule has 0 amide bonds. The van der Waals surface area contributed by atoms with E-state index in [9.17, 15) is 4.79 Å². The van der Waals surface area contributed by atoms with Gasteiger partial charge >= 0.3 is 5.97 Å². The number of carbonyl (C=O) groups is 1. The Kier molecular flexibility index (Phi) is 2.19. The van der Waals surface area contributed by atoms with Crippen molar-refractivity contribution >= 4 is 5.97 Å². The molecule has 5 heteroatoms. The van der Waals surface area contributed by atoms with Crippen LogP contribution >= 0.6 is 0 Å². The molecule has 0 bridgehead atoms. The van der Waals surface area contributed by atoms with Gasteiger partial charge in [0.1, 0.15) is 0 Å². The van der Waals surface area contributed by atoms with Gasteiger partial charge in [0.25, 0.3) is 0 Å². The molecule has 1 rings (SSSR count). The van der Waals surface area contributed by atoms with Gasteiger partial charge in [-0.25, -0.2) is 0 Å². The van der Waals surface area contributed by atoms with E-state index in [4.69, 9.17) is 10.2 Å². The third-order valence-corrected chi connectivity index (χ3v) is 1.63. The van der Waals surface area contributed by atoms with Gasteiger partial charge in [-0.15, -0.1) is 0 Å². The summed E-state index contributed by atoms with van der Waals surface area (Å²) in [5, 5.41) is 24.3. The second-order valence-electron chi connectivity index (χ2n) is 2.55. The van der Waals surface area contributed by atoms with Gasteiger partial charge in [-0.2, -0.15) is 10.2 Å². The second-order valence-corrected chi connectivity index (χ2v) is 2.55. The van der Waals surface area contributed by atoms with Crippen molar-refractivity contribution in [1.82, 2.24) is 0 Å². The fraction of sp³-hybridized carbons (Fsp3) is 0.833. The van der Waals surface area contributed by atoms with E-state index in [2.05, 4.69) is 10.2 Å². The number of aliphatic carboxylic acids is 1. The largest absolute Gasteiger partial charge is 0.481 e. The Bertz CT molecular complexity index is 184. The van der Waals surface area contributed by atoms with E-state index in [1.165, 1.54) is 0 Å². The van der Waals surface area contributed by atoms with E-state index in [1.807, 2.05) is 0 Å². The summed E-state index contributed by atoms with van der Waals surface area (Å²) in [6, 6.07) is 0. The van der Waals surface area contributed by atoms with Crippen molar-refractivity contribution in [3.8, 4) is 0 Å². The molecule has 0 fully saturated rings. The van der Waals surface area contributed by atoms with Crippen LogP contribution < -0.4 is 0 Å². The first-order valence-corrected chi connectivity index (χ1v) is 3.45. The molecular weight excluding hydrogens is 148 g/mol. The van der Waals surface area contributed by atoms with Crippen LogP contribution in [0, 0.1) is 0 Å². The van der Waals surface area contributed by atoms with Crippen LogP contribution in [-0.4, -0.2) is 28.5 Å². The van der Waals surface area contributed by atoms with Gasteiger partial charge in [-0.05, 0) is 0 Å². The fourth-order valence-electron chi connectivity index (χ4n) is 0.882. The van der Waals surface area contributed by atoms with Gasteiger partial charge in [-0.3, -0.25) is 4.79 Å². The van der Waals surface area contributed by atoms with Gasteiger partial charge in [0.05, 0.1) is 0 Å². The maximum atomic E-state index is 10.1. The third kappa shape index (κ3) is 2.27. The van der Waals surface area contributed by atoms with Gasteiger partial charge in [0.2, 0.25) is 0 Å². The molecule has 0 aromatic rings. The monoisotopic (exact) mass is 158 g/mol. The summed E-state index contributed by atoms with van der Waals surface area (Å²) in [6.07, 6.45) is 0.913. The zero-order chi connectivity index (χ0) is 8.32. The molecule has 1 aliphatic rings. The highest BCUT2D eigenvalue weighted by atomic mass is 16.4. The standard InChI is InChI=1S/C6H10N2O3/c9-4-3-6(7-8-6)2-1-5(10)11/h9H,1-4H2,(H,10,11). The summed E-state index contributed by atoms with van der Waals surface area (Å²) in [7, 11) is 0. The molecule has 0 saturated carbocycles. The second kappa shape index (κ2) is 2.96. The molecule has 0 unspecified atom stereocenters. The van der Waals surface area contributed by atoms with Crippen LogP contribution in [0.1, 0.15) is 19.3 Å². The zero-order valence-electron chi connectivity index (χ0n) is 6.03. The molecule has 0 spiro atoms. The molecule has 11 heavy (non-hydrogen) atoms. The average molecular weight is 158 g/mol. The summed E-state index contributed by atoms with van der Waals surface area (Å²) in [5.74, 6) is -0.848. The number of rotatable bonds is 5. The number of nitrogens with zero attached hydrogens (tertiary/aromatic N) is 2. The highest BCUT2D eigenvalue weighted by Gasteiger charge is 2.39. The van der Waals surface area contributed by atoms with E-state index in [1.54, 1.807) is 0 Å². The first-order valence-electron chi connectivity index (χ1n) is 3.45. The lowest BCUT2D eigenvalue weighted by Gasteiger charge is -2.04. The van der Waals surface area contributed by atoms with E-state index in [0.29, 0.717) is 12.8 Å². The highest BCUT2D eigenvalue weighted by Crippen LogP contribution is 2.36. The maximum absolute atomic E-state index is 10.1. The Hall–Kier alpha value is -0.970. The third-order valence-electron chi connectivity index (χ3n) is 1.63. The Morgan fingerprint density at radius 1 is 1.36 bits per heavy atom. The summed E-state index contributed by atoms with van der Waals surface area (Å²) >= 11 is 0. The Balaban J connectivity index is 2.19. The van der Waals surface area contributed by atoms with Crippen molar-refractivity contribution in [3.05, 3.63) is 0 Å². The summed E-state index contributed by atoms with van der Waals surface area (Å²) in [4.78, 5) is 10.1. The quantitative estimate of drug-likeness (QED) is 0.607. The topological polar surface area (TPSA) is 82.2 Å². The number of carboxylic acid groups (broad SMARTS) is 1. The molecular formula is C6H10N2O3. The predicted octanol–water partition coefficient (Wildman–Crippen LogP) is 0.396. The average Bonchev–Trinajstić information content (AvgIpc) is 2.67. The molecule has 1 heterocycles. The van der Waals surface area contributed by atoms with Crippen molar-refractivity contribution < 1.29 is 15.0 Å². The summed E-state index contributed by atoms with van der Waals surface area (Å²) in [6.45, 7) is 0.00657. The van der Waals surface area contributed by atoms with Crippen molar-refractivity contribution in [2.45, 2.75) is 24.9 Å². The Morgan fingerprint density at radius 3 is 2.36 bits per heavy atom. The zero-order valence-corrected chi connectivity index (χ0v) is 6.03. The lowest BCUT2D eigenvalue weighted by Crippen LogP contribution is -2.14. The number of hydrogen-bond acceptors (Lipinski definition) is 4. The fourth-order valence-corrected chi connectivity index (χ4v) is 0.882.